The molecule has 1 saturated carbocycles. The molecule has 26 heavy (non-hydrogen) atoms. The van der Waals surface area contributed by atoms with E-state index in [1.54, 1.807) is 24.3 Å². The van der Waals surface area contributed by atoms with Crippen LogP contribution in [0.3, 0.4) is 0 Å². The molecule has 1 atom stereocenters. The maximum Gasteiger partial charge on any atom is 0.407 e. The maximum atomic E-state index is 12.6. The van der Waals surface area contributed by atoms with Gasteiger partial charge in [0.15, 0.2) is 0 Å². The second kappa shape index (κ2) is 7.98. The molecule has 1 aromatic rings. The fourth-order valence-corrected chi connectivity index (χ4v) is 2.78. The van der Waals surface area contributed by atoms with Gasteiger partial charge in [-0.15, -0.1) is 0 Å². The van der Waals surface area contributed by atoms with E-state index in [-0.39, 0.29) is 5.91 Å². The summed E-state index contributed by atoms with van der Waals surface area (Å²) >= 11 is 0. The molecule has 6 heteroatoms. The molecule has 2 rings (SSSR count). The molecule has 1 aliphatic rings. The normalized spacial score (nSPS) is 16.3. The lowest BCUT2D eigenvalue weighted by molar-refractivity contribution is 0.0502. The minimum absolute atomic E-state index is 0.159. The van der Waals surface area contributed by atoms with Gasteiger partial charge in [0.2, 0.25) is 0 Å². The van der Waals surface area contributed by atoms with Gasteiger partial charge in [-0.25, -0.2) is 4.79 Å². The molecule has 6 nitrogen and oxygen atoms in total. The van der Waals surface area contributed by atoms with Gasteiger partial charge in [-0.3, -0.25) is 4.79 Å². The minimum Gasteiger partial charge on any atom is -0.494 e. The van der Waals surface area contributed by atoms with Crippen molar-refractivity contribution in [2.24, 2.45) is 5.92 Å². The number of benzene rings is 1. The van der Waals surface area contributed by atoms with Crippen LogP contribution in [-0.4, -0.2) is 36.3 Å². The van der Waals surface area contributed by atoms with E-state index in [1.807, 2.05) is 34.6 Å². The summed E-state index contributed by atoms with van der Waals surface area (Å²) in [5.74, 6) is 0.929. The number of ether oxygens (including phenoxy) is 2. The third-order valence-electron chi connectivity index (χ3n) is 4.30. The summed E-state index contributed by atoms with van der Waals surface area (Å²) in [6, 6.07) is 7.06. The molecular weight excluding hydrogens is 332 g/mol. The van der Waals surface area contributed by atoms with Crippen LogP contribution in [0.5, 0.6) is 5.75 Å². The topological polar surface area (TPSA) is 76.7 Å². The fourth-order valence-electron chi connectivity index (χ4n) is 2.78. The SMILES string of the molecule is CCOc1ccc(C(=O)NC(C)(CNC(=O)OC(C)(C)C)C2CC2)cc1. The number of alkyl carbamates (subject to hydrolysis) is 1. The Labute approximate surface area is 155 Å². The number of amides is 2. The molecule has 0 heterocycles. The van der Waals surface area contributed by atoms with Crippen molar-refractivity contribution < 1.29 is 19.1 Å². The van der Waals surface area contributed by atoms with Crippen LogP contribution < -0.4 is 15.4 Å². The van der Waals surface area contributed by atoms with Crippen LogP contribution >= 0.6 is 0 Å². The van der Waals surface area contributed by atoms with Crippen LogP contribution in [0, 0.1) is 5.92 Å². The largest absolute Gasteiger partial charge is 0.494 e. The molecule has 0 aromatic heterocycles. The predicted octanol–water partition coefficient (Wildman–Crippen LogP) is 3.51. The quantitative estimate of drug-likeness (QED) is 0.778. The van der Waals surface area contributed by atoms with E-state index >= 15 is 0 Å². The smallest absolute Gasteiger partial charge is 0.407 e. The van der Waals surface area contributed by atoms with Gasteiger partial charge < -0.3 is 20.1 Å². The van der Waals surface area contributed by atoms with Gasteiger partial charge >= 0.3 is 6.09 Å². The first-order valence-corrected chi connectivity index (χ1v) is 9.15. The minimum atomic E-state index is -0.550. The molecule has 144 valence electrons. The number of carbonyl (C=O) groups is 2. The van der Waals surface area contributed by atoms with Crippen LogP contribution in [-0.2, 0) is 4.74 Å². The number of carbonyl (C=O) groups excluding carboxylic acids is 2. The zero-order valence-electron chi connectivity index (χ0n) is 16.3. The van der Waals surface area contributed by atoms with Gasteiger partial charge in [-0.05, 0) is 77.6 Å². The Hall–Kier alpha value is -2.24. The van der Waals surface area contributed by atoms with Gasteiger partial charge in [-0.1, -0.05) is 0 Å². The first kappa shape index (κ1) is 20.1. The van der Waals surface area contributed by atoms with Crippen molar-refractivity contribution in [2.45, 2.75) is 58.6 Å². The second-order valence-electron chi connectivity index (χ2n) is 7.96. The number of hydrogen-bond acceptors (Lipinski definition) is 4. The highest BCUT2D eigenvalue weighted by molar-refractivity contribution is 5.94. The third-order valence-corrected chi connectivity index (χ3v) is 4.30. The van der Waals surface area contributed by atoms with Crippen LogP contribution in [0.4, 0.5) is 4.79 Å². The van der Waals surface area contributed by atoms with Crippen molar-refractivity contribution in [3.05, 3.63) is 29.8 Å². The molecule has 1 aromatic carbocycles. The number of rotatable bonds is 7. The zero-order valence-corrected chi connectivity index (χ0v) is 16.3. The maximum absolute atomic E-state index is 12.6. The summed E-state index contributed by atoms with van der Waals surface area (Å²) < 4.78 is 10.7. The lowest BCUT2D eigenvalue weighted by Gasteiger charge is -2.32. The van der Waals surface area contributed by atoms with E-state index < -0.39 is 17.2 Å². The average Bonchev–Trinajstić information content (AvgIpc) is 3.38. The molecule has 0 saturated heterocycles. The van der Waals surface area contributed by atoms with Gasteiger partial charge in [0.05, 0.1) is 12.1 Å². The van der Waals surface area contributed by atoms with Crippen molar-refractivity contribution in [1.82, 2.24) is 10.6 Å². The fraction of sp³-hybridized carbons (Fsp3) is 0.600. The molecule has 0 radical (unpaired) electrons. The summed E-state index contributed by atoms with van der Waals surface area (Å²) in [6.07, 6.45) is 1.60. The van der Waals surface area contributed by atoms with E-state index in [0.29, 0.717) is 24.6 Å². The molecule has 1 unspecified atom stereocenters. The van der Waals surface area contributed by atoms with Crippen LogP contribution in [0.2, 0.25) is 0 Å². The van der Waals surface area contributed by atoms with E-state index in [9.17, 15) is 9.59 Å². The molecule has 0 spiro atoms. The highest BCUT2D eigenvalue weighted by Gasteiger charge is 2.43. The number of nitrogens with one attached hydrogen (secondary N) is 2. The highest BCUT2D eigenvalue weighted by Crippen LogP contribution is 2.39. The Morgan fingerprint density at radius 2 is 1.73 bits per heavy atom. The van der Waals surface area contributed by atoms with Crippen LogP contribution in [0.1, 0.15) is 57.8 Å². The van der Waals surface area contributed by atoms with Crippen molar-refractivity contribution in [2.75, 3.05) is 13.2 Å². The summed E-state index contributed by atoms with van der Waals surface area (Å²) in [7, 11) is 0. The highest BCUT2D eigenvalue weighted by atomic mass is 16.6. The molecule has 1 fully saturated rings. The lowest BCUT2D eigenvalue weighted by atomic mass is 9.95. The molecule has 2 N–H and O–H groups in total. The Balaban J connectivity index is 1.97. The first-order valence-electron chi connectivity index (χ1n) is 9.15. The Kier molecular flexibility index (Phi) is 6.16. The van der Waals surface area contributed by atoms with Crippen LogP contribution in [0.15, 0.2) is 24.3 Å². The molecule has 0 aliphatic heterocycles. The van der Waals surface area contributed by atoms with E-state index in [4.69, 9.17) is 9.47 Å². The van der Waals surface area contributed by atoms with Crippen molar-refractivity contribution in [3.63, 3.8) is 0 Å². The first-order chi connectivity index (χ1) is 12.1. The van der Waals surface area contributed by atoms with Crippen LogP contribution in [0.25, 0.3) is 0 Å². The second-order valence-corrected chi connectivity index (χ2v) is 7.96. The third kappa shape index (κ3) is 5.93. The van der Waals surface area contributed by atoms with Gasteiger partial charge in [0, 0.05) is 12.1 Å². The molecule has 1 aliphatic carbocycles. The monoisotopic (exact) mass is 362 g/mol. The van der Waals surface area contributed by atoms with E-state index in [2.05, 4.69) is 10.6 Å². The lowest BCUT2D eigenvalue weighted by Crippen LogP contribution is -2.55. The molecule has 0 bridgehead atoms. The Morgan fingerprint density at radius 3 is 2.23 bits per heavy atom. The summed E-state index contributed by atoms with van der Waals surface area (Å²) in [4.78, 5) is 24.6. The van der Waals surface area contributed by atoms with Gasteiger partial charge in [0.1, 0.15) is 11.4 Å². The zero-order chi connectivity index (χ0) is 19.4. The predicted molar refractivity (Wildman–Crippen MR) is 100 cm³/mol. The average molecular weight is 362 g/mol. The molecular formula is C20H30N2O4. The Morgan fingerprint density at radius 1 is 1.12 bits per heavy atom. The van der Waals surface area contributed by atoms with Crippen molar-refractivity contribution in [1.29, 1.82) is 0 Å². The van der Waals surface area contributed by atoms with Crippen molar-refractivity contribution in [3.8, 4) is 5.75 Å². The van der Waals surface area contributed by atoms with Crippen molar-refractivity contribution >= 4 is 12.0 Å². The van der Waals surface area contributed by atoms with Gasteiger partial charge in [-0.2, -0.15) is 0 Å². The van der Waals surface area contributed by atoms with E-state index in [1.165, 1.54) is 0 Å². The molecule has 2 amide bonds. The summed E-state index contributed by atoms with van der Waals surface area (Å²) in [5.41, 5.74) is -0.490. The summed E-state index contributed by atoms with van der Waals surface area (Å²) in [5, 5.41) is 5.88. The summed E-state index contributed by atoms with van der Waals surface area (Å²) in [6.45, 7) is 10.3. The number of hydrogen-bond donors (Lipinski definition) is 2. The Bertz CT molecular complexity index is 632. The standard InChI is InChI=1S/C20H30N2O4/c1-6-25-16-11-7-14(8-12-16)17(23)22-20(5,15-9-10-15)13-21-18(24)26-19(2,3)4/h7-8,11-12,15H,6,9-10,13H2,1-5H3,(H,21,24)(H,22,23). The van der Waals surface area contributed by atoms with E-state index in [0.717, 1.165) is 18.6 Å². The van der Waals surface area contributed by atoms with Gasteiger partial charge in [0.25, 0.3) is 5.91 Å².